The van der Waals surface area contributed by atoms with E-state index in [4.69, 9.17) is 5.73 Å². The number of benzene rings is 1. The first-order valence-electron chi connectivity index (χ1n) is 7.27. The molecule has 1 fully saturated rings. The van der Waals surface area contributed by atoms with Gasteiger partial charge < -0.3 is 10.6 Å². The highest BCUT2D eigenvalue weighted by molar-refractivity contribution is 5.55. The molecule has 0 radical (unpaired) electrons. The first kappa shape index (κ1) is 14.3. The Hall–Kier alpha value is -1.09. The van der Waals surface area contributed by atoms with Crippen LogP contribution in [0, 0.1) is 11.7 Å². The summed E-state index contributed by atoms with van der Waals surface area (Å²) in [4.78, 5) is 2.23. The molecule has 1 saturated carbocycles. The van der Waals surface area contributed by atoms with Crippen molar-refractivity contribution in [1.82, 2.24) is 0 Å². The minimum Gasteiger partial charge on any atom is -0.371 e. The molecule has 1 aromatic rings. The van der Waals surface area contributed by atoms with Gasteiger partial charge in [0.15, 0.2) is 0 Å². The zero-order chi connectivity index (χ0) is 14.0. The number of anilines is 1. The molecule has 0 spiro atoms. The average Bonchev–Trinajstić information content (AvgIpc) is 2.38. The van der Waals surface area contributed by atoms with E-state index in [0.29, 0.717) is 11.6 Å². The van der Waals surface area contributed by atoms with Crippen LogP contribution in [-0.2, 0) is 0 Å². The third-order valence-corrected chi connectivity index (χ3v) is 4.40. The average molecular weight is 264 g/mol. The van der Waals surface area contributed by atoms with E-state index in [0.717, 1.165) is 11.6 Å². The van der Waals surface area contributed by atoms with Gasteiger partial charge in [0, 0.05) is 30.4 Å². The Kier molecular flexibility index (Phi) is 4.46. The number of hydrogen-bond donors (Lipinski definition) is 1. The van der Waals surface area contributed by atoms with Crippen molar-refractivity contribution in [2.75, 3.05) is 11.9 Å². The smallest absolute Gasteiger partial charge is 0.130 e. The third-order valence-electron chi connectivity index (χ3n) is 4.40. The summed E-state index contributed by atoms with van der Waals surface area (Å²) in [5.41, 5.74) is 7.53. The van der Waals surface area contributed by atoms with E-state index < -0.39 is 0 Å². The van der Waals surface area contributed by atoms with Gasteiger partial charge in [0.2, 0.25) is 0 Å². The summed E-state index contributed by atoms with van der Waals surface area (Å²) in [6.07, 6.45) is 4.90. The number of halogens is 1. The summed E-state index contributed by atoms with van der Waals surface area (Å²) >= 11 is 0. The number of rotatable bonds is 3. The van der Waals surface area contributed by atoms with E-state index in [9.17, 15) is 4.39 Å². The summed E-state index contributed by atoms with van der Waals surface area (Å²) in [5.74, 6) is 0.633. The van der Waals surface area contributed by atoms with Crippen LogP contribution in [0.4, 0.5) is 10.1 Å². The van der Waals surface area contributed by atoms with Crippen LogP contribution < -0.4 is 10.6 Å². The number of hydrogen-bond acceptors (Lipinski definition) is 2. The Morgan fingerprint density at radius 3 is 2.47 bits per heavy atom. The lowest BCUT2D eigenvalue weighted by Crippen LogP contribution is -2.36. The molecule has 1 aromatic carbocycles. The molecule has 19 heavy (non-hydrogen) atoms. The Morgan fingerprint density at radius 2 is 1.89 bits per heavy atom. The van der Waals surface area contributed by atoms with Crippen molar-refractivity contribution in [1.29, 1.82) is 0 Å². The lowest BCUT2D eigenvalue weighted by Gasteiger charge is -2.36. The van der Waals surface area contributed by atoms with Crippen LogP contribution in [0.3, 0.4) is 0 Å². The van der Waals surface area contributed by atoms with Crippen LogP contribution in [0.5, 0.6) is 0 Å². The largest absolute Gasteiger partial charge is 0.371 e. The van der Waals surface area contributed by atoms with Gasteiger partial charge in [-0.05, 0) is 50.7 Å². The fourth-order valence-electron chi connectivity index (χ4n) is 3.11. The van der Waals surface area contributed by atoms with E-state index >= 15 is 0 Å². The maximum atomic E-state index is 14.0. The van der Waals surface area contributed by atoms with Gasteiger partial charge in [-0.15, -0.1) is 0 Å². The van der Waals surface area contributed by atoms with E-state index in [2.05, 4.69) is 18.9 Å². The molecular formula is C16H25FN2. The van der Waals surface area contributed by atoms with Gasteiger partial charge in [0.25, 0.3) is 0 Å². The Labute approximate surface area is 115 Å². The minimum absolute atomic E-state index is 0.191. The second kappa shape index (κ2) is 5.91. The second-order valence-corrected chi connectivity index (χ2v) is 5.99. The lowest BCUT2D eigenvalue weighted by atomic mass is 9.86. The molecule has 0 aliphatic heterocycles. The Morgan fingerprint density at radius 1 is 1.26 bits per heavy atom. The van der Waals surface area contributed by atoms with Gasteiger partial charge >= 0.3 is 0 Å². The molecule has 0 amide bonds. The van der Waals surface area contributed by atoms with Crippen LogP contribution in [0.1, 0.15) is 51.1 Å². The highest BCUT2D eigenvalue weighted by Gasteiger charge is 2.24. The van der Waals surface area contributed by atoms with E-state index in [1.807, 2.05) is 13.0 Å². The molecule has 1 aliphatic rings. The van der Waals surface area contributed by atoms with Crippen molar-refractivity contribution in [3.05, 3.63) is 29.6 Å². The molecule has 2 nitrogen and oxygen atoms in total. The van der Waals surface area contributed by atoms with Crippen molar-refractivity contribution >= 4 is 5.69 Å². The summed E-state index contributed by atoms with van der Waals surface area (Å²) in [7, 11) is 2.07. The maximum absolute atomic E-state index is 14.0. The van der Waals surface area contributed by atoms with Crippen LogP contribution in [0.2, 0.25) is 0 Å². The molecule has 1 atom stereocenters. The van der Waals surface area contributed by atoms with E-state index in [1.165, 1.54) is 31.7 Å². The predicted molar refractivity (Wildman–Crippen MR) is 78.8 cm³/mol. The summed E-state index contributed by atoms with van der Waals surface area (Å²) in [5, 5.41) is 0. The van der Waals surface area contributed by atoms with Gasteiger partial charge in [0.05, 0.1) is 0 Å². The topological polar surface area (TPSA) is 29.3 Å². The normalized spacial score (nSPS) is 25.1. The zero-order valence-electron chi connectivity index (χ0n) is 12.2. The van der Waals surface area contributed by atoms with Gasteiger partial charge in [-0.25, -0.2) is 4.39 Å². The molecule has 106 valence electrons. The van der Waals surface area contributed by atoms with E-state index in [-0.39, 0.29) is 11.9 Å². The SMILES string of the molecule is CC1CCC(N(C)c2cccc(F)c2[C@H](C)N)CC1. The molecule has 3 heteroatoms. The molecular weight excluding hydrogens is 239 g/mol. The standard InChI is InChI=1S/C16H25FN2/c1-11-7-9-13(10-8-11)19(3)15-6-4-5-14(17)16(15)12(2)18/h4-6,11-13H,7-10,18H2,1-3H3/t11?,12-,13?/m0/s1. The second-order valence-electron chi connectivity index (χ2n) is 5.99. The first-order valence-corrected chi connectivity index (χ1v) is 7.27. The molecule has 0 saturated heterocycles. The molecule has 0 unspecified atom stereocenters. The zero-order valence-corrected chi connectivity index (χ0v) is 12.2. The lowest BCUT2D eigenvalue weighted by molar-refractivity contribution is 0.340. The maximum Gasteiger partial charge on any atom is 0.130 e. The van der Waals surface area contributed by atoms with Crippen molar-refractivity contribution in [3.8, 4) is 0 Å². The molecule has 2 N–H and O–H groups in total. The Bertz CT molecular complexity index is 423. The van der Waals surface area contributed by atoms with Crippen molar-refractivity contribution in [2.45, 2.75) is 51.6 Å². The number of nitrogens with two attached hydrogens (primary N) is 1. The molecule has 0 heterocycles. The van der Waals surface area contributed by atoms with Gasteiger partial charge in [-0.2, -0.15) is 0 Å². The monoisotopic (exact) mass is 264 g/mol. The molecule has 0 bridgehead atoms. The van der Waals surface area contributed by atoms with Crippen LogP contribution in [0.15, 0.2) is 18.2 Å². The Balaban J connectivity index is 2.23. The third kappa shape index (κ3) is 3.08. The van der Waals surface area contributed by atoms with Crippen molar-refractivity contribution in [3.63, 3.8) is 0 Å². The van der Waals surface area contributed by atoms with Crippen molar-refractivity contribution in [2.24, 2.45) is 11.7 Å². The fraction of sp³-hybridized carbons (Fsp3) is 0.625. The van der Waals surface area contributed by atoms with Gasteiger partial charge in [0.1, 0.15) is 5.82 Å². The number of nitrogens with zero attached hydrogens (tertiary/aromatic N) is 1. The summed E-state index contributed by atoms with van der Waals surface area (Å²) in [6.45, 7) is 4.16. The van der Waals surface area contributed by atoms with Crippen LogP contribution in [-0.4, -0.2) is 13.1 Å². The van der Waals surface area contributed by atoms with Crippen LogP contribution in [0.25, 0.3) is 0 Å². The fourth-order valence-corrected chi connectivity index (χ4v) is 3.11. The quantitative estimate of drug-likeness (QED) is 0.898. The molecule has 1 aliphatic carbocycles. The van der Waals surface area contributed by atoms with Crippen LogP contribution >= 0.6 is 0 Å². The highest BCUT2D eigenvalue weighted by Crippen LogP contribution is 2.33. The van der Waals surface area contributed by atoms with Crippen molar-refractivity contribution < 1.29 is 4.39 Å². The molecule has 0 aromatic heterocycles. The summed E-state index contributed by atoms with van der Waals surface area (Å²) in [6, 6.07) is 5.49. The first-order chi connectivity index (χ1) is 9.00. The van der Waals surface area contributed by atoms with Gasteiger partial charge in [-0.3, -0.25) is 0 Å². The van der Waals surface area contributed by atoms with Gasteiger partial charge in [-0.1, -0.05) is 13.0 Å². The molecule has 2 rings (SSSR count). The highest BCUT2D eigenvalue weighted by atomic mass is 19.1. The summed E-state index contributed by atoms with van der Waals surface area (Å²) < 4.78 is 14.0. The minimum atomic E-state index is -0.277. The predicted octanol–water partition coefficient (Wildman–Crippen LogP) is 3.86. The van der Waals surface area contributed by atoms with E-state index in [1.54, 1.807) is 6.07 Å².